The molecule has 0 bridgehead atoms. The second-order valence-corrected chi connectivity index (χ2v) is 5.24. The van der Waals surface area contributed by atoms with Crippen molar-refractivity contribution < 1.29 is 4.79 Å². The number of carbonyl (C=O) groups is 1. The molecule has 1 aliphatic carbocycles. The first-order valence-corrected chi connectivity index (χ1v) is 6.66. The average molecular weight is 245 g/mol. The van der Waals surface area contributed by atoms with Gasteiger partial charge in [0, 0.05) is 19.6 Å². The maximum atomic E-state index is 12.3. The van der Waals surface area contributed by atoms with Gasteiger partial charge in [0.05, 0.1) is 11.4 Å². The number of rotatable bonds is 3. The molecule has 1 aromatic carbocycles. The van der Waals surface area contributed by atoms with Gasteiger partial charge in [-0.15, -0.1) is 0 Å². The predicted molar refractivity (Wildman–Crippen MR) is 72.5 cm³/mol. The fourth-order valence-electron chi connectivity index (χ4n) is 2.70. The van der Waals surface area contributed by atoms with Crippen LogP contribution in [0.25, 0.3) is 0 Å². The molecule has 2 aliphatic rings. The number of anilines is 2. The summed E-state index contributed by atoms with van der Waals surface area (Å²) >= 11 is 0. The maximum Gasteiger partial charge on any atom is 0.324 e. The van der Waals surface area contributed by atoms with E-state index in [1.54, 1.807) is 4.90 Å². The molecule has 0 atom stereocenters. The standard InChI is InChI=1S/C14H19N3O/c15-12-6-1-2-7-13(12)17-9-8-16(14(17)18)10-11-4-3-5-11/h1-2,6-7,11H,3-5,8-10,15H2. The molecule has 1 heterocycles. The molecule has 2 fully saturated rings. The molecule has 4 heteroatoms. The summed E-state index contributed by atoms with van der Waals surface area (Å²) in [6.45, 7) is 2.49. The highest BCUT2D eigenvalue weighted by Crippen LogP contribution is 2.30. The zero-order chi connectivity index (χ0) is 12.5. The van der Waals surface area contributed by atoms with E-state index in [1.807, 2.05) is 29.2 Å². The molecule has 2 N–H and O–H groups in total. The molecule has 1 saturated heterocycles. The number of hydrogen-bond acceptors (Lipinski definition) is 2. The van der Waals surface area contributed by atoms with E-state index < -0.39 is 0 Å². The molecule has 0 unspecified atom stereocenters. The van der Waals surface area contributed by atoms with Crippen LogP contribution in [0.15, 0.2) is 24.3 Å². The lowest BCUT2D eigenvalue weighted by Gasteiger charge is -2.30. The molecular formula is C14H19N3O. The van der Waals surface area contributed by atoms with Crippen LogP contribution < -0.4 is 10.6 Å². The Kier molecular flexibility index (Phi) is 2.86. The molecule has 0 radical (unpaired) electrons. The van der Waals surface area contributed by atoms with Gasteiger partial charge in [0.15, 0.2) is 0 Å². The second kappa shape index (κ2) is 4.52. The molecule has 0 aromatic heterocycles. The van der Waals surface area contributed by atoms with Crippen LogP contribution in [-0.4, -0.2) is 30.6 Å². The predicted octanol–water partition coefficient (Wildman–Crippen LogP) is 2.31. The Balaban J connectivity index is 1.72. The number of urea groups is 1. The van der Waals surface area contributed by atoms with Crippen molar-refractivity contribution in [2.75, 3.05) is 30.3 Å². The van der Waals surface area contributed by atoms with E-state index in [-0.39, 0.29) is 6.03 Å². The van der Waals surface area contributed by atoms with Crippen LogP contribution in [0.5, 0.6) is 0 Å². The van der Waals surface area contributed by atoms with Crippen LogP contribution in [0.2, 0.25) is 0 Å². The Bertz CT molecular complexity index is 456. The van der Waals surface area contributed by atoms with E-state index in [0.717, 1.165) is 31.2 Å². The van der Waals surface area contributed by atoms with Gasteiger partial charge in [0.2, 0.25) is 0 Å². The van der Waals surface area contributed by atoms with Crippen LogP contribution in [0, 0.1) is 5.92 Å². The zero-order valence-corrected chi connectivity index (χ0v) is 10.5. The summed E-state index contributed by atoms with van der Waals surface area (Å²) in [5, 5.41) is 0. The van der Waals surface area contributed by atoms with Crippen LogP contribution in [0.3, 0.4) is 0 Å². The van der Waals surface area contributed by atoms with Crippen LogP contribution in [-0.2, 0) is 0 Å². The first kappa shape index (κ1) is 11.4. The molecule has 1 aromatic rings. The second-order valence-electron chi connectivity index (χ2n) is 5.24. The lowest BCUT2D eigenvalue weighted by Crippen LogP contribution is -2.36. The fourth-order valence-corrected chi connectivity index (χ4v) is 2.70. The van der Waals surface area contributed by atoms with Gasteiger partial charge in [0.25, 0.3) is 0 Å². The SMILES string of the molecule is Nc1ccccc1N1CCN(CC2CCC2)C1=O. The molecule has 1 aliphatic heterocycles. The fraction of sp³-hybridized carbons (Fsp3) is 0.500. The third-order valence-corrected chi connectivity index (χ3v) is 4.03. The van der Waals surface area contributed by atoms with E-state index in [0.29, 0.717) is 5.69 Å². The molecule has 18 heavy (non-hydrogen) atoms. The molecule has 3 rings (SSSR count). The number of nitrogen functional groups attached to an aromatic ring is 1. The van der Waals surface area contributed by atoms with Crippen LogP contribution in [0.1, 0.15) is 19.3 Å². The summed E-state index contributed by atoms with van der Waals surface area (Å²) in [7, 11) is 0. The summed E-state index contributed by atoms with van der Waals surface area (Å²) in [5.41, 5.74) is 7.46. The third-order valence-electron chi connectivity index (χ3n) is 4.03. The van der Waals surface area contributed by atoms with Crippen molar-refractivity contribution in [3.05, 3.63) is 24.3 Å². The minimum absolute atomic E-state index is 0.111. The number of amides is 2. The molecular weight excluding hydrogens is 226 g/mol. The summed E-state index contributed by atoms with van der Waals surface area (Å²) < 4.78 is 0. The van der Waals surface area contributed by atoms with Crippen molar-refractivity contribution in [1.82, 2.24) is 4.90 Å². The summed E-state index contributed by atoms with van der Waals surface area (Å²) in [6.07, 6.45) is 3.87. The van der Waals surface area contributed by atoms with Crippen molar-refractivity contribution >= 4 is 17.4 Å². The minimum atomic E-state index is 0.111. The van der Waals surface area contributed by atoms with E-state index in [9.17, 15) is 4.79 Å². The van der Waals surface area contributed by atoms with Gasteiger partial charge < -0.3 is 10.6 Å². The van der Waals surface area contributed by atoms with E-state index in [1.165, 1.54) is 19.3 Å². The number of benzene rings is 1. The number of carbonyl (C=O) groups excluding carboxylic acids is 1. The minimum Gasteiger partial charge on any atom is -0.397 e. The van der Waals surface area contributed by atoms with Gasteiger partial charge in [-0.1, -0.05) is 18.6 Å². The normalized spacial score (nSPS) is 20.3. The lowest BCUT2D eigenvalue weighted by atomic mass is 9.85. The maximum absolute atomic E-state index is 12.3. The number of hydrogen-bond donors (Lipinski definition) is 1. The topological polar surface area (TPSA) is 49.6 Å². The Labute approximate surface area is 107 Å². The Morgan fingerprint density at radius 2 is 2.00 bits per heavy atom. The third kappa shape index (κ3) is 1.92. The van der Waals surface area contributed by atoms with Crippen LogP contribution in [0.4, 0.5) is 16.2 Å². The van der Waals surface area contributed by atoms with Gasteiger partial charge in [0.1, 0.15) is 0 Å². The first-order chi connectivity index (χ1) is 8.75. The van der Waals surface area contributed by atoms with Gasteiger partial charge in [-0.2, -0.15) is 0 Å². The number of nitrogens with zero attached hydrogens (tertiary/aromatic N) is 2. The van der Waals surface area contributed by atoms with Crippen molar-refractivity contribution in [2.24, 2.45) is 5.92 Å². The zero-order valence-electron chi connectivity index (χ0n) is 10.5. The smallest absolute Gasteiger partial charge is 0.324 e. The highest BCUT2D eigenvalue weighted by Gasteiger charge is 2.32. The van der Waals surface area contributed by atoms with Crippen molar-refractivity contribution in [3.63, 3.8) is 0 Å². The summed E-state index contributed by atoms with van der Waals surface area (Å²) in [6, 6.07) is 7.69. The van der Waals surface area contributed by atoms with E-state index in [2.05, 4.69) is 0 Å². The molecule has 0 spiro atoms. The van der Waals surface area contributed by atoms with E-state index in [4.69, 9.17) is 5.73 Å². The monoisotopic (exact) mass is 245 g/mol. The van der Waals surface area contributed by atoms with Crippen molar-refractivity contribution in [2.45, 2.75) is 19.3 Å². The van der Waals surface area contributed by atoms with Gasteiger partial charge in [-0.05, 0) is 30.9 Å². The summed E-state index contributed by atoms with van der Waals surface area (Å²) in [4.78, 5) is 16.1. The van der Waals surface area contributed by atoms with Gasteiger partial charge in [-0.3, -0.25) is 4.90 Å². The summed E-state index contributed by atoms with van der Waals surface area (Å²) in [5.74, 6) is 0.724. The lowest BCUT2D eigenvalue weighted by molar-refractivity contribution is 0.190. The quantitative estimate of drug-likeness (QED) is 0.831. The molecule has 2 amide bonds. The number of nitrogens with two attached hydrogens (primary N) is 1. The van der Waals surface area contributed by atoms with Crippen molar-refractivity contribution in [1.29, 1.82) is 0 Å². The van der Waals surface area contributed by atoms with Gasteiger partial charge in [-0.25, -0.2) is 4.79 Å². The molecule has 1 saturated carbocycles. The van der Waals surface area contributed by atoms with E-state index >= 15 is 0 Å². The Morgan fingerprint density at radius 1 is 1.22 bits per heavy atom. The first-order valence-electron chi connectivity index (χ1n) is 6.66. The Morgan fingerprint density at radius 3 is 2.67 bits per heavy atom. The van der Waals surface area contributed by atoms with Gasteiger partial charge >= 0.3 is 6.03 Å². The highest BCUT2D eigenvalue weighted by molar-refractivity contribution is 5.97. The highest BCUT2D eigenvalue weighted by atomic mass is 16.2. The number of para-hydroxylation sites is 2. The van der Waals surface area contributed by atoms with Crippen LogP contribution >= 0.6 is 0 Å². The average Bonchev–Trinajstić information content (AvgIpc) is 2.66. The molecule has 96 valence electrons. The molecule has 4 nitrogen and oxygen atoms in total. The van der Waals surface area contributed by atoms with Crippen molar-refractivity contribution in [3.8, 4) is 0 Å². The largest absolute Gasteiger partial charge is 0.397 e. The Hall–Kier alpha value is -1.71.